The standard InChI is InChI=1S/C18H20N4O/c1-11-5-6-14(19)9-17(11)22-10-16(20-21-22)15-7-13(3)18(23-4)8-12(15)2/h5-10H,19H2,1-4H3. The van der Waals surface area contributed by atoms with Crippen molar-refractivity contribution in [3.05, 3.63) is 53.2 Å². The molecule has 0 saturated carbocycles. The van der Waals surface area contributed by atoms with Crippen molar-refractivity contribution in [2.75, 3.05) is 12.8 Å². The predicted molar refractivity (Wildman–Crippen MR) is 92.0 cm³/mol. The number of benzene rings is 2. The highest BCUT2D eigenvalue weighted by Crippen LogP contribution is 2.29. The highest BCUT2D eigenvalue weighted by molar-refractivity contribution is 5.66. The van der Waals surface area contributed by atoms with Crippen molar-refractivity contribution >= 4 is 5.69 Å². The maximum atomic E-state index is 5.88. The summed E-state index contributed by atoms with van der Waals surface area (Å²) in [5.74, 6) is 0.880. The van der Waals surface area contributed by atoms with Crippen molar-refractivity contribution in [2.24, 2.45) is 0 Å². The van der Waals surface area contributed by atoms with Crippen LogP contribution in [0.1, 0.15) is 16.7 Å². The largest absolute Gasteiger partial charge is 0.496 e. The first kappa shape index (κ1) is 15.1. The van der Waals surface area contributed by atoms with Gasteiger partial charge in [-0.05, 0) is 61.7 Å². The molecule has 5 nitrogen and oxygen atoms in total. The number of hydrogen-bond donors (Lipinski definition) is 1. The first-order valence-corrected chi connectivity index (χ1v) is 7.44. The molecule has 0 bridgehead atoms. The molecule has 0 radical (unpaired) electrons. The van der Waals surface area contributed by atoms with Crippen LogP contribution in [0.3, 0.4) is 0 Å². The van der Waals surface area contributed by atoms with E-state index in [0.717, 1.165) is 39.4 Å². The van der Waals surface area contributed by atoms with Gasteiger partial charge in [0.05, 0.1) is 19.0 Å². The normalized spacial score (nSPS) is 10.8. The molecular formula is C18H20N4O. The van der Waals surface area contributed by atoms with Crippen LogP contribution in [0.4, 0.5) is 5.69 Å². The molecule has 2 N–H and O–H groups in total. The molecule has 3 rings (SSSR count). The number of aryl methyl sites for hydroxylation is 3. The van der Waals surface area contributed by atoms with Gasteiger partial charge >= 0.3 is 0 Å². The molecule has 0 saturated heterocycles. The number of anilines is 1. The van der Waals surface area contributed by atoms with Crippen LogP contribution < -0.4 is 10.5 Å². The second-order valence-electron chi connectivity index (χ2n) is 5.73. The summed E-state index contributed by atoms with van der Waals surface area (Å²) >= 11 is 0. The summed E-state index contributed by atoms with van der Waals surface area (Å²) in [7, 11) is 1.68. The summed E-state index contributed by atoms with van der Waals surface area (Å²) in [4.78, 5) is 0. The highest BCUT2D eigenvalue weighted by atomic mass is 16.5. The smallest absolute Gasteiger partial charge is 0.122 e. The average Bonchev–Trinajstić information content (AvgIpc) is 3.01. The summed E-state index contributed by atoms with van der Waals surface area (Å²) in [5.41, 5.74) is 12.7. The third kappa shape index (κ3) is 2.77. The molecule has 23 heavy (non-hydrogen) atoms. The molecule has 0 aliphatic rings. The summed E-state index contributed by atoms with van der Waals surface area (Å²) in [6.45, 7) is 6.09. The summed E-state index contributed by atoms with van der Waals surface area (Å²) in [6, 6.07) is 9.87. The maximum absolute atomic E-state index is 5.88. The van der Waals surface area contributed by atoms with Crippen LogP contribution in [0, 0.1) is 20.8 Å². The number of ether oxygens (including phenoxy) is 1. The van der Waals surface area contributed by atoms with E-state index in [1.807, 2.05) is 51.2 Å². The second kappa shape index (κ2) is 5.76. The Morgan fingerprint density at radius 1 is 1.00 bits per heavy atom. The second-order valence-corrected chi connectivity index (χ2v) is 5.73. The fraction of sp³-hybridized carbons (Fsp3) is 0.222. The minimum atomic E-state index is 0.708. The van der Waals surface area contributed by atoms with Crippen molar-refractivity contribution in [2.45, 2.75) is 20.8 Å². The molecule has 1 heterocycles. The third-order valence-corrected chi connectivity index (χ3v) is 3.99. The van der Waals surface area contributed by atoms with Crippen LogP contribution in [-0.4, -0.2) is 22.1 Å². The lowest BCUT2D eigenvalue weighted by atomic mass is 10.0. The van der Waals surface area contributed by atoms with Crippen molar-refractivity contribution in [3.63, 3.8) is 0 Å². The Balaban J connectivity index is 2.06. The van der Waals surface area contributed by atoms with E-state index in [1.54, 1.807) is 11.8 Å². The zero-order chi connectivity index (χ0) is 16.6. The monoisotopic (exact) mass is 308 g/mol. The van der Waals surface area contributed by atoms with E-state index in [2.05, 4.69) is 16.4 Å². The van der Waals surface area contributed by atoms with Gasteiger partial charge in [0.15, 0.2) is 0 Å². The van der Waals surface area contributed by atoms with Crippen molar-refractivity contribution < 1.29 is 4.74 Å². The predicted octanol–water partition coefficient (Wildman–Crippen LogP) is 3.45. The summed E-state index contributed by atoms with van der Waals surface area (Å²) in [5, 5.41) is 8.58. The molecule has 0 spiro atoms. The van der Waals surface area contributed by atoms with Crippen LogP contribution in [-0.2, 0) is 0 Å². The van der Waals surface area contributed by atoms with Gasteiger partial charge in [-0.25, -0.2) is 4.68 Å². The zero-order valence-corrected chi connectivity index (χ0v) is 13.8. The molecule has 1 aromatic heterocycles. The number of hydrogen-bond acceptors (Lipinski definition) is 4. The number of nitrogens with two attached hydrogens (primary N) is 1. The Kier molecular flexibility index (Phi) is 3.78. The maximum Gasteiger partial charge on any atom is 0.122 e. The lowest BCUT2D eigenvalue weighted by molar-refractivity contribution is 0.411. The van der Waals surface area contributed by atoms with Gasteiger partial charge in [0.25, 0.3) is 0 Å². The van der Waals surface area contributed by atoms with Crippen molar-refractivity contribution in [3.8, 4) is 22.7 Å². The number of rotatable bonds is 3. The highest BCUT2D eigenvalue weighted by Gasteiger charge is 2.12. The van der Waals surface area contributed by atoms with Crippen LogP contribution in [0.5, 0.6) is 5.75 Å². The SMILES string of the molecule is COc1cc(C)c(-c2cn(-c3cc(N)ccc3C)nn2)cc1C. The van der Waals surface area contributed by atoms with E-state index in [-0.39, 0.29) is 0 Å². The van der Waals surface area contributed by atoms with Crippen LogP contribution >= 0.6 is 0 Å². The minimum absolute atomic E-state index is 0.708. The first-order chi connectivity index (χ1) is 11.0. The number of nitrogen functional groups attached to an aromatic ring is 1. The van der Waals surface area contributed by atoms with Gasteiger partial charge in [-0.3, -0.25) is 0 Å². The van der Waals surface area contributed by atoms with E-state index in [0.29, 0.717) is 5.69 Å². The summed E-state index contributed by atoms with van der Waals surface area (Å²) in [6.07, 6.45) is 1.93. The van der Waals surface area contributed by atoms with Crippen LogP contribution in [0.2, 0.25) is 0 Å². The number of methoxy groups -OCH3 is 1. The van der Waals surface area contributed by atoms with Gasteiger partial charge in [0, 0.05) is 11.3 Å². The number of aromatic nitrogens is 3. The fourth-order valence-electron chi connectivity index (χ4n) is 2.66. The topological polar surface area (TPSA) is 66.0 Å². The van der Waals surface area contributed by atoms with Crippen molar-refractivity contribution in [1.82, 2.24) is 15.0 Å². The Bertz CT molecular complexity index is 867. The van der Waals surface area contributed by atoms with E-state index in [9.17, 15) is 0 Å². The van der Waals surface area contributed by atoms with Gasteiger partial charge in [-0.2, -0.15) is 0 Å². The molecule has 118 valence electrons. The Morgan fingerprint density at radius 2 is 1.78 bits per heavy atom. The van der Waals surface area contributed by atoms with E-state index in [1.165, 1.54) is 0 Å². The summed E-state index contributed by atoms with van der Waals surface area (Å²) < 4.78 is 7.13. The van der Waals surface area contributed by atoms with Crippen LogP contribution in [0.15, 0.2) is 36.5 Å². The molecule has 2 aromatic carbocycles. The van der Waals surface area contributed by atoms with Gasteiger partial charge in [-0.15, -0.1) is 5.10 Å². The molecule has 0 aliphatic carbocycles. The Morgan fingerprint density at radius 3 is 2.52 bits per heavy atom. The molecule has 0 unspecified atom stereocenters. The van der Waals surface area contributed by atoms with Gasteiger partial charge in [0.1, 0.15) is 11.4 Å². The van der Waals surface area contributed by atoms with Crippen molar-refractivity contribution in [1.29, 1.82) is 0 Å². The van der Waals surface area contributed by atoms with Gasteiger partial charge in [0.2, 0.25) is 0 Å². The van der Waals surface area contributed by atoms with E-state index in [4.69, 9.17) is 10.5 Å². The van der Waals surface area contributed by atoms with E-state index >= 15 is 0 Å². The van der Waals surface area contributed by atoms with Crippen LogP contribution in [0.25, 0.3) is 16.9 Å². The molecule has 0 aliphatic heterocycles. The van der Waals surface area contributed by atoms with Gasteiger partial charge in [-0.1, -0.05) is 11.3 Å². The quantitative estimate of drug-likeness (QED) is 0.753. The molecule has 0 amide bonds. The number of nitrogens with zero attached hydrogens (tertiary/aromatic N) is 3. The Hall–Kier alpha value is -2.82. The molecule has 3 aromatic rings. The molecule has 0 fully saturated rings. The zero-order valence-electron chi connectivity index (χ0n) is 13.8. The third-order valence-electron chi connectivity index (χ3n) is 3.99. The Labute approximate surface area is 135 Å². The lowest BCUT2D eigenvalue weighted by Crippen LogP contribution is -1.99. The fourth-order valence-corrected chi connectivity index (χ4v) is 2.66. The first-order valence-electron chi connectivity index (χ1n) is 7.44. The molecule has 5 heteroatoms. The lowest BCUT2D eigenvalue weighted by Gasteiger charge is -2.09. The molecular weight excluding hydrogens is 288 g/mol. The van der Waals surface area contributed by atoms with E-state index < -0.39 is 0 Å². The average molecular weight is 308 g/mol. The van der Waals surface area contributed by atoms with Gasteiger partial charge < -0.3 is 10.5 Å². The minimum Gasteiger partial charge on any atom is -0.496 e. The molecule has 0 atom stereocenters.